The van der Waals surface area contributed by atoms with Crippen LogP contribution in [-0.4, -0.2) is 46.1 Å². The molecule has 1 fully saturated rings. The summed E-state index contributed by atoms with van der Waals surface area (Å²) < 4.78 is 40.6. The molecule has 0 bridgehead atoms. The Morgan fingerprint density at radius 2 is 1.70 bits per heavy atom. The maximum atomic E-state index is 13.5. The van der Waals surface area contributed by atoms with Crippen LogP contribution in [-0.2, 0) is 15.8 Å². The number of nitrogens with two attached hydrogens (primary N) is 1. The molecular weight excluding hydrogens is 491 g/mol. The number of alkyl halides is 3. The predicted octanol–water partition coefficient (Wildman–Crippen LogP) is 3.79. The maximum Gasteiger partial charge on any atom is 0.416 e. The molecule has 1 heterocycles. The highest BCUT2D eigenvalue weighted by atomic mass is 19.4. The molecule has 5 atom stereocenters. The van der Waals surface area contributed by atoms with Crippen LogP contribution in [0.25, 0.3) is 0 Å². The highest BCUT2D eigenvalue weighted by Crippen LogP contribution is 2.60. The van der Waals surface area contributed by atoms with Crippen molar-refractivity contribution >= 4 is 17.6 Å². The number of nitriles is 1. The van der Waals surface area contributed by atoms with Crippen LogP contribution in [0.15, 0.2) is 48.5 Å². The van der Waals surface area contributed by atoms with Gasteiger partial charge in [-0.3, -0.25) is 9.59 Å². The van der Waals surface area contributed by atoms with Gasteiger partial charge in [0.25, 0.3) is 0 Å². The normalized spacial score (nSPS) is 27.9. The largest absolute Gasteiger partial charge is 0.481 e. The van der Waals surface area contributed by atoms with Gasteiger partial charge in [-0.2, -0.15) is 18.4 Å². The minimum atomic E-state index is -4.70. The first-order valence-electron chi connectivity index (χ1n) is 11.6. The topological polar surface area (TPSA) is 148 Å². The van der Waals surface area contributed by atoms with Gasteiger partial charge in [0.1, 0.15) is 5.41 Å². The lowest BCUT2D eigenvalue weighted by atomic mass is 9.50. The summed E-state index contributed by atoms with van der Waals surface area (Å²) in [6.45, 7) is 2.35. The minimum absolute atomic E-state index is 0.0873. The number of piperidine rings is 1. The van der Waals surface area contributed by atoms with E-state index in [4.69, 9.17) is 5.73 Å². The molecule has 0 saturated carbocycles. The van der Waals surface area contributed by atoms with E-state index >= 15 is 0 Å². The number of aliphatic hydroxyl groups is 1. The molecule has 2 aromatic carbocycles. The van der Waals surface area contributed by atoms with Gasteiger partial charge in [0.15, 0.2) is 0 Å². The third kappa shape index (κ3) is 4.30. The van der Waals surface area contributed by atoms with Gasteiger partial charge in [-0.05, 0) is 55.7 Å². The Morgan fingerprint density at radius 3 is 2.16 bits per heavy atom. The highest BCUT2D eigenvalue weighted by molar-refractivity contribution is 5.86. The highest BCUT2D eigenvalue weighted by Gasteiger charge is 2.69. The fraction of sp³-hybridized carbons (Fsp3) is 0.423. The van der Waals surface area contributed by atoms with Crippen LogP contribution in [0.5, 0.6) is 0 Å². The smallest absolute Gasteiger partial charge is 0.416 e. The van der Waals surface area contributed by atoms with Crippen LogP contribution >= 0.6 is 0 Å². The van der Waals surface area contributed by atoms with E-state index in [1.165, 1.54) is 49.1 Å². The van der Waals surface area contributed by atoms with Gasteiger partial charge in [0.2, 0.25) is 0 Å². The fourth-order valence-electron chi connectivity index (χ4n) is 5.94. The predicted molar refractivity (Wildman–Crippen MR) is 127 cm³/mol. The summed E-state index contributed by atoms with van der Waals surface area (Å²) in [6, 6.07) is 10.7. The van der Waals surface area contributed by atoms with Gasteiger partial charge in [0.05, 0.1) is 28.8 Å². The van der Waals surface area contributed by atoms with E-state index in [1.54, 1.807) is 0 Å². The van der Waals surface area contributed by atoms with Gasteiger partial charge in [0, 0.05) is 24.3 Å². The van der Waals surface area contributed by atoms with Crippen molar-refractivity contribution in [2.24, 2.45) is 16.6 Å². The van der Waals surface area contributed by atoms with E-state index in [9.17, 15) is 43.3 Å². The monoisotopic (exact) mass is 519 g/mol. The van der Waals surface area contributed by atoms with Crippen molar-refractivity contribution in [3.05, 3.63) is 65.2 Å². The van der Waals surface area contributed by atoms with E-state index in [-0.39, 0.29) is 23.2 Å². The van der Waals surface area contributed by atoms with E-state index in [2.05, 4.69) is 0 Å². The average molecular weight is 520 g/mol. The molecule has 0 aliphatic carbocycles. The molecular formula is C26H28F3N3O5. The Bertz CT molecular complexity index is 1210. The van der Waals surface area contributed by atoms with Crippen molar-refractivity contribution in [3.63, 3.8) is 0 Å². The number of benzene rings is 2. The zero-order chi connectivity index (χ0) is 27.8. The number of anilines is 1. The Kier molecular flexibility index (Phi) is 7.58. The first kappa shape index (κ1) is 28.0. The van der Waals surface area contributed by atoms with Crippen molar-refractivity contribution in [1.29, 1.82) is 5.26 Å². The molecule has 2 aromatic rings. The van der Waals surface area contributed by atoms with Crippen molar-refractivity contribution in [3.8, 4) is 6.07 Å². The van der Waals surface area contributed by atoms with Crippen molar-refractivity contribution < 1.29 is 38.1 Å². The molecule has 5 N–H and O–H groups in total. The van der Waals surface area contributed by atoms with Crippen LogP contribution in [0.2, 0.25) is 0 Å². The first-order valence-corrected chi connectivity index (χ1v) is 11.6. The van der Waals surface area contributed by atoms with E-state index < -0.39 is 65.7 Å². The lowest BCUT2D eigenvalue weighted by Gasteiger charge is -2.61. The van der Waals surface area contributed by atoms with Crippen LogP contribution in [0, 0.1) is 22.2 Å². The third-order valence-corrected chi connectivity index (χ3v) is 7.77. The van der Waals surface area contributed by atoms with E-state index in [0.717, 1.165) is 18.2 Å². The van der Waals surface area contributed by atoms with Crippen LogP contribution in [0.4, 0.5) is 18.9 Å². The average Bonchev–Trinajstić information content (AvgIpc) is 2.85. The second kappa shape index (κ2) is 10.0. The van der Waals surface area contributed by atoms with Gasteiger partial charge in [-0.25, -0.2) is 0 Å². The second-order valence-corrected chi connectivity index (χ2v) is 9.26. The number of nitrogens with zero attached hydrogens (tertiary/aromatic N) is 2. The summed E-state index contributed by atoms with van der Waals surface area (Å²) in [5.74, 6) is -4.15. The molecule has 198 valence electrons. The van der Waals surface area contributed by atoms with Crippen LogP contribution in [0.3, 0.4) is 0 Å². The first-order chi connectivity index (χ1) is 17.3. The molecule has 0 aromatic heterocycles. The summed E-state index contributed by atoms with van der Waals surface area (Å²) in [4.78, 5) is 27.4. The SMILES string of the molecule is CCC1(C(=O)O)C(N)N(c2cccc(C(F)(F)F)c2)C(C)C(CCO)(C(=O)O)C1c1ccc(C#N)cc1. The number of aliphatic hydroxyl groups excluding tert-OH is 1. The minimum Gasteiger partial charge on any atom is -0.481 e. The van der Waals surface area contributed by atoms with Crippen LogP contribution in [0.1, 0.15) is 49.3 Å². The second-order valence-electron chi connectivity index (χ2n) is 9.26. The molecule has 37 heavy (non-hydrogen) atoms. The summed E-state index contributed by atoms with van der Waals surface area (Å²) >= 11 is 0. The third-order valence-electron chi connectivity index (χ3n) is 7.77. The number of hydrogen-bond donors (Lipinski definition) is 4. The quantitative estimate of drug-likeness (QED) is 0.432. The maximum absolute atomic E-state index is 13.5. The number of carboxylic acids is 2. The molecule has 3 rings (SSSR count). The lowest BCUT2D eigenvalue weighted by Crippen LogP contribution is -2.74. The Labute approximate surface area is 211 Å². The molecule has 8 nitrogen and oxygen atoms in total. The zero-order valence-corrected chi connectivity index (χ0v) is 20.2. The van der Waals surface area contributed by atoms with E-state index in [0.29, 0.717) is 0 Å². The number of aliphatic carboxylic acids is 2. The van der Waals surface area contributed by atoms with Crippen molar-refractivity contribution in [2.45, 2.75) is 51.0 Å². The standard InChI is InChI=1S/C26H28F3N3O5/c1-3-24(22(34)35)20(17-9-7-16(14-30)8-10-17)25(11-12-33,23(36)37)15(2)32(21(24)31)19-6-4-5-18(13-19)26(27,28)29/h4-10,13,15,20-21,33H,3,11-12,31H2,1-2H3,(H,34,35)(H,36,37). The van der Waals surface area contributed by atoms with Gasteiger partial charge >= 0.3 is 18.1 Å². The molecule has 1 aliphatic heterocycles. The zero-order valence-electron chi connectivity index (χ0n) is 20.2. The summed E-state index contributed by atoms with van der Waals surface area (Å²) in [7, 11) is 0. The lowest BCUT2D eigenvalue weighted by molar-refractivity contribution is -0.171. The van der Waals surface area contributed by atoms with E-state index in [1.807, 2.05) is 6.07 Å². The number of rotatable bonds is 7. The molecule has 5 unspecified atom stereocenters. The molecule has 1 aliphatic rings. The molecule has 0 radical (unpaired) electrons. The number of halogens is 3. The van der Waals surface area contributed by atoms with Crippen molar-refractivity contribution in [1.82, 2.24) is 0 Å². The summed E-state index contributed by atoms with van der Waals surface area (Å²) in [5, 5.41) is 40.5. The fourth-order valence-corrected chi connectivity index (χ4v) is 5.94. The van der Waals surface area contributed by atoms with Crippen molar-refractivity contribution in [2.75, 3.05) is 11.5 Å². The summed E-state index contributed by atoms with van der Waals surface area (Å²) in [6.07, 6.45) is -6.71. The Balaban J connectivity index is 2.41. The number of hydrogen-bond acceptors (Lipinski definition) is 6. The molecule has 0 spiro atoms. The van der Waals surface area contributed by atoms with Gasteiger partial charge < -0.3 is 26.0 Å². The molecule has 0 amide bonds. The molecule has 11 heteroatoms. The number of carbonyl (C=O) groups is 2. The number of carboxylic acid groups (broad SMARTS) is 2. The van der Waals surface area contributed by atoms with Crippen LogP contribution < -0.4 is 10.6 Å². The summed E-state index contributed by atoms with van der Waals surface area (Å²) in [5.41, 5.74) is 2.09. The molecule has 1 saturated heterocycles. The van der Waals surface area contributed by atoms with Gasteiger partial charge in [-0.1, -0.05) is 25.1 Å². The Hall–Kier alpha value is -3.62. The Morgan fingerprint density at radius 1 is 1.11 bits per heavy atom. The van der Waals surface area contributed by atoms with Gasteiger partial charge in [-0.15, -0.1) is 0 Å².